The molecule has 0 bridgehead atoms. The third-order valence-electron chi connectivity index (χ3n) is 20.3. The summed E-state index contributed by atoms with van der Waals surface area (Å²) in [6.45, 7) is 2.34. The number of carbonyl (C=O) groups is 3. The Morgan fingerprint density at radius 1 is 0.228 bits per heavy atom. The molecule has 0 aliphatic carbocycles. The molecule has 4 N–H and O–H groups in total. The van der Waals surface area contributed by atoms with Crippen LogP contribution in [0, 0.1) is 0 Å². The third-order valence-corrected chi connectivity index (χ3v) is 22.2. The molecular weight excluding hydrogens is 1580 g/mol. The maximum absolute atomic E-state index is 13.1. The zero-order valence-electron chi connectivity index (χ0n) is 77.5. The van der Waals surface area contributed by atoms with Crippen molar-refractivity contribution in [3.63, 3.8) is 0 Å². The number of unbranched alkanes of at least 4 members (excludes halogenated alkanes) is 36. The molecule has 0 heterocycles. The molecule has 0 aliphatic rings. The first-order chi connectivity index (χ1) is 60.2. The first-order valence-corrected chi connectivity index (χ1v) is 51.7. The Morgan fingerprint density at radius 3 is 0.650 bits per heavy atom. The van der Waals surface area contributed by atoms with Gasteiger partial charge in [0, 0.05) is 19.3 Å². The van der Waals surface area contributed by atoms with Crippen LogP contribution in [0.4, 0.5) is 0 Å². The Kier molecular flexibility index (Phi) is 91.1. The normalized spacial score (nSPS) is 14.6. The van der Waals surface area contributed by atoms with Gasteiger partial charge in [0.25, 0.3) is 0 Å². The Hall–Kier alpha value is -5.61. The Balaban J connectivity index is 4.52. The van der Waals surface area contributed by atoms with Crippen molar-refractivity contribution in [3.05, 3.63) is 194 Å². The van der Waals surface area contributed by atoms with E-state index in [9.17, 15) is 43.5 Å². The van der Waals surface area contributed by atoms with Crippen LogP contribution in [0.25, 0.3) is 0 Å². The first kappa shape index (κ1) is 117. The maximum Gasteiger partial charge on any atom is 0.472 e. The molecule has 0 aromatic carbocycles. The molecular formula is C105H176O16P2. The average Bonchev–Trinajstić information content (AvgIpc) is 0.898. The van der Waals surface area contributed by atoms with Gasteiger partial charge in [-0.15, -0.1) is 0 Å². The predicted molar refractivity (Wildman–Crippen MR) is 518 cm³/mol. The number of ether oxygens (including phenoxy) is 3. The smallest absolute Gasteiger partial charge is 0.463 e. The maximum atomic E-state index is 13.1. The van der Waals surface area contributed by atoms with E-state index in [4.69, 9.17) is 32.3 Å². The molecule has 5 atom stereocenters. The molecule has 0 spiro atoms. The monoisotopic (exact) mass is 1760 g/mol. The van der Waals surface area contributed by atoms with E-state index < -0.39 is 91.5 Å². The quantitative estimate of drug-likeness (QED) is 0.0146. The highest BCUT2D eigenvalue weighted by Crippen LogP contribution is 2.45. The van der Waals surface area contributed by atoms with Crippen LogP contribution in [-0.2, 0) is 55.8 Å². The van der Waals surface area contributed by atoms with Gasteiger partial charge in [-0.1, -0.05) is 408 Å². The highest BCUT2D eigenvalue weighted by molar-refractivity contribution is 7.47. The number of aliphatic hydroxyl groups is 2. The van der Waals surface area contributed by atoms with Crippen LogP contribution in [0.3, 0.4) is 0 Å². The average molecular weight is 1760 g/mol. The Labute approximate surface area is 750 Å². The molecule has 0 aromatic heterocycles. The highest BCUT2D eigenvalue weighted by Gasteiger charge is 2.30. The van der Waals surface area contributed by atoms with Crippen molar-refractivity contribution in [1.29, 1.82) is 0 Å². The highest BCUT2D eigenvalue weighted by atomic mass is 31.2. The largest absolute Gasteiger partial charge is 0.472 e. The first-order valence-electron chi connectivity index (χ1n) is 48.7. The summed E-state index contributed by atoms with van der Waals surface area (Å²) >= 11 is 0. The standard InChI is InChI=1S/C105H176O16P2/c1-4-7-10-13-16-19-22-25-28-31-34-36-38-40-42-44-46-48-49-51-53-54-56-58-60-62-65-67-70-73-76-79-82-85-88-91-103(108)115-94-100(106)95-117-122(111,112)118-96-101(107)97-119-123(113,114)120-99-102(121-105(110)93-90-87-84-81-78-75-72-69-64-33-30-27-24-21-18-15-12-9-6-3)98-116-104(109)92-89-86-83-80-77-74-71-68-66-63-61-59-57-55-52-50-47-45-43-41-39-37-35-32-29-26-23-20-17-14-11-8-5-2/h7-12,16-21,25-30,34-37,40-43,47,50,64,69,75,78,100-102,106-107H,4-6,13-15,22-24,31-33,38-39,44-46,48-49,51-63,65-68,70-74,76-77,79-99H2,1-3H3,(H,111,112)(H,113,114)/b10-7-,11-8-,12-9-,19-16-,20-17-,21-18-,28-25-,29-26-,30-27-,36-34-,37-35-,42-40-,43-41-,50-47-,69-64-,78-75-. The van der Waals surface area contributed by atoms with Crippen molar-refractivity contribution >= 4 is 33.6 Å². The van der Waals surface area contributed by atoms with Gasteiger partial charge in [-0.2, -0.15) is 0 Å². The molecule has 16 nitrogen and oxygen atoms in total. The minimum absolute atomic E-state index is 0.0608. The SMILES string of the molecule is CC/C=C\C/C=C\C/C=C\C/C=C\C/C=C\C/C=C\CCCCCCCCCCCCCCCCC(=O)OCC(COP(=O)(O)OCC(O)COP(=O)(O)OCC(O)COC(=O)CCCCCCCCCCCCCCCCCCCCC/C=C\C/C=C\C/C=C\C/C=C\C/C=C\CC)OC(=O)CCCCC/C=C\C/C=C\C/C=C\C/C=C\C/C=C\CC. The van der Waals surface area contributed by atoms with Crippen molar-refractivity contribution in [2.75, 3.05) is 39.6 Å². The van der Waals surface area contributed by atoms with E-state index in [1.54, 1.807) is 0 Å². The number of hydrogen-bond acceptors (Lipinski definition) is 14. The van der Waals surface area contributed by atoms with Gasteiger partial charge in [0.05, 0.1) is 26.4 Å². The topological polar surface area (TPSA) is 231 Å². The van der Waals surface area contributed by atoms with Crippen molar-refractivity contribution in [1.82, 2.24) is 0 Å². The number of carbonyl (C=O) groups excluding carboxylic acids is 3. The van der Waals surface area contributed by atoms with Gasteiger partial charge in [-0.25, -0.2) is 9.13 Å². The van der Waals surface area contributed by atoms with Crippen LogP contribution in [0.1, 0.15) is 393 Å². The van der Waals surface area contributed by atoms with Gasteiger partial charge in [0.2, 0.25) is 0 Å². The van der Waals surface area contributed by atoms with Gasteiger partial charge in [0.1, 0.15) is 25.4 Å². The fraction of sp³-hybridized carbons (Fsp3) is 0.667. The van der Waals surface area contributed by atoms with Crippen LogP contribution in [0.2, 0.25) is 0 Å². The summed E-state index contributed by atoms with van der Waals surface area (Å²) < 4.78 is 61.5. The zero-order valence-corrected chi connectivity index (χ0v) is 79.3. The minimum atomic E-state index is -4.96. The molecule has 0 radical (unpaired) electrons. The van der Waals surface area contributed by atoms with Gasteiger partial charge in [-0.3, -0.25) is 32.5 Å². The fourth-order valence-corrected chi connectivity index (χ4v) is 14.6. The fourth-order valence-electron chi connectivity index (χ4n) is 13.0. The molecule has 702 valence electrons. The molecule has 18 heteroatoms. The van der Waals surface area contributed by atoms with Crippen LogP contribution < -0.4 is 0 Å². The van der Waals surface area contributed by atoms with E-state index in [-0.39, 0.29) is 19.3 Å². The zero-order chi connectivity index (χ0) is 89.3. The van der Waals surface area contributed by atoms with E-state index in [1.807, 2.05) is 0 Å². The number of phosphoric ester groups is 2. The van der Waals surface area contributed by atoms with Crippen LogP contribution >= 0.6 is 15.6 Å². The lowest BCUT2D eigenvalue weighted by molar-refractivity contribution is -0.161. The van der Waals surface area contributed by atoms with Crippen LogP contribution in [0.15, 0.2) is 194 Å². The second-order valence-corrected chi connectivity index (χ2v) is 35.0. The summed E-state index contributed by atoms with van der Waals surface area (Å²) in [5.41, 5.74) is 0. The predicted octanol–water partition coefficient (Wildman–Crippen LogP) is 30.6. The van der Waals surface area contributed by atoms with E-state index in [0.717, 1.165) is 173 Å². The molecule has 0 saturated heterocycles. The summed E-state index contributed by atoms with van der Waals surface area (Å²) in [4.78, 5) is 59.0. The molecule has 0 fully saturated rings. The van der Waals surface area contributed by atoms with Gasteiger partial charge < -0.3 is 34.2 Å². The van der Waals surface area contributed by atoms with Crippen molar-refractivity contribution < 1.29 is 75.8 Å². The van der Waals surface area contributed by atoms with Gasteiger partial charge in [0.15, 0.2) is 6.10 Å². The lowest BCUT2D eigenvalue weighted by atomic mass is 10.0. The van der Waals surface area contributed by atoms with E-state index >= 15 is 0 Å². The molecule has 0 saturated carbocycles. The summed E-state index contributed by atoms with van der Waals surface area (Å²) in [7, 11) is -9.83. The third kappa shape index (κ3) is 96.9. The summed E-state index contributed by atoms with van der Waals surface area (Å²) in [5.74, 6) is -1.61. The molecule has 0 aromatic rings. The van der Waals surface area contributed by atoms with E-state index in [0.29, 0.717) is 19.3 Å². The Bertz CT molecular complexity index is 3020. The number of aliphatic hydroxyl groups excluding tert-OH is 2. The van der Waals surface area contributed by atoms with E-state index in [2.05, 4.69) is 215 Å². The lowest BCUT2D eigenvalue weighted by Gasteiger charge is -2.21. The van der Waals surface area contributed by atoms with E-state index in [1.165, 1.54) is 161 Å². The Morgan fingerprint density at radius 2 is 0.407 bits per heavy atom. The number of esters is 3. The minimum Gasteiger partial charge on any atom is -0.463 e. The van der Waals surface area contributed by atoms with Crippen LogP contribution in [0.5, 0.6) is 0 Å². The molecule has 123 heavy (non-hydrogen) atoms. The molecule has 0 amide bonds. The molecule has 0 aliphatic heterocycles. The van der Waals surface area contributed by atoms with Gasteiger partial charge in [-0.05, 0) is 161 Å². The molecule has 5 unspecified atom stereocenters. The summed E-state index contributed by atoms with van der Waals surface area (Å²) in [5, 5.41) is 20.8. The number of hydrogen-bond donors (Lipinski definition) is 4. The second-order valence-electron chi connectivity index (χ2n) is 32.1. The van der Waals surface area contributed by atoms with Crippen molar-refractivity contribution in [3.8, 4) is 0 Å². The lowest BCUT2D eigenvalue weighted by Crippen LogP contribution is -2.30. The van der Waals surface area contributed by atoms with Crippen molar-refractivity contribution in [2.24, 2.45) is 0 Å². The summed E-state index contributed by atoms with van der Waals surface area (Å²) in [6, 6.07) is 0. The number of phosphoric acid groups is 2. The van der Waals surface area contributed by atoms with Crippen molar-refractivity contribution in [2.45, 2.75) is 411 Å². The van der Waals surface area contributed by atoms with Gasteiger partial charge >= 0.3 is 33.6 Å². The number of allylic oxidation sites excluding steroid dienone is 32. The summed E-state index contributed by atoms with van der Waals surface area (Å²) in [6.07, 6.45) is 128. The number of rotatable bonds is 91. The molecule has 0 rings (SSSR count). The van der Waals surface area contributed by atoms with Crippen LogP contribution in [-0.4, -0.2) is 95.9 Å². The second kappa shape index (κ2) is 95.5.